The number of rotatable bonds is 36. The summed E-state index contributed by atoms with van der Waals surface area (Å²) in [5.74, 6) is -0.411. The van der Waals surface area contributed by atoms with Gasteiger partial charge in [0.25, 0.3) is 0 Å². The van der Waals surface area contributed by atoms with E-state index in [4.69, 9.17) is 28.4 Å². The van der Waals surface area contributed by atoms with Gasteiger partial charge < -0.3 is 64.2 Å². The maximum absolute atomic E-state index is 13.0. The minimum absolute atomic E-state index is 0.0208. The summed E-state index contributed by atoms with van der Waals surface area (Å²) < 4.78 is 34.1. The molecule has 11 unspecified atom stereocenters. The molecule has 2 aliphatic rings. The van der Waals surface area contributed by atoms with E-state index in [0.29, 0.717) is 13.0 Å². The molecular weight excluding hydrogens is 837 g/mol. The van der Waals surface area contributed by atoms with Crippen molar-refractivity contribution in [2.75, 3.05) is 33.0 Å². The van der Waals surface area contributed by atoms with Gasteiger partial charge in [-0.15, -0.1) is 0 Å². The van der Waals surface area contributed by atoms with Crippen LogP contribution in [0.15, 0.2) is 85.1 Å². The van der Waals surface area contributed by atoms with Gasteiger partial charge in [0.05, 0.1) is 26.4 Å². The Morgan fingerprint density at radius 3 is 1.57 bits per heavy atom. The monoisotopic (exact) mass is 921 g/mol. The highest BCUT2D eigenvalue weighted by Gasteiger charge is 2.47. The lowest BCUT2D eigenvalue weighted by Crippen LogP contribution is -2.61. The van der Waals surface area contributed by atoms with E-state index in [0.717, 1.165) is 103 Å². The molecule has 0 amide bonds. The van der Waals surface area contributed by atoms with Crippen molar-refractivity contribution in [2.24, 2.45) is 0 Å². The Kier molecular flexibility index (Phi) is 34.2. The van der Waals surface area contributed by atoms with Gasteiger partial charge >= 0.3 is 5.97 Å². The molecule has 0 saturated carbocycles. The minimum Gasteiger partial charge on any atom is -0.457 e. The number of hydrogen-bond donors (Lipinski definition) is 7. The molecular formula is C51H84O14. The second-order valence-corrected chi connectivity index (χ2v) is 16.5. The molecule has 0 aromatic carbocycles. The predicted molar refractivity (Wildman–Crippen MR) is 251 cm³/mol. The fraction of sp³-hybridized carbons (Fsp3) is 0.706. The van der Waals surface area contributed by atoms with Crippen LogP contribution < -0.4 is 0 Å². The number of carbonyl (C=O) groups excluding carboxylic acids is 1. The lowest BCUT2D eigenvalue weighted by Gasteiger charge is -2.42. The Hall–Kier alpha value is -2.83. The number of aliphatic hydroxyl groups is 7. The average Bonchev–Trinajstić information content (AvgIpc) is 3.30. The number of aliphatic hydroxyl groups excluding tert-OH is 7. The van der Waals surface area contributed by atoms with Gasteiger partial charge in [0.2, 0.25) is 0 Å². The Morgan fingerprint density at radius 2 is 1.00 bits per heavy atom. The molecule has 0 aromatic rings. The topological polar surface area (TPSA) is 214 Å². The molecule has 0 aliphatic carbocycles. The smallest absolute Gasteiger partial charge is 0.306 e. The van der Waals surface area contributed by atoms with E-state index in [1.165, 1.54) is 0 Å². The minimum atomic E-state index is -1.72. The molecule has 65 heavy (non-hydrogen) atoms. The summed E-state index contributed by atoms with van der Waals surface area (Å²) in [6.45, 7) is 3.34. The molecule has 2 heterocycles. The zero-order chi connectivity index (χ0) is 47.3. The van der Waals surface area contributed by atoms with E-state index >= 15 is 0 Å². The second-order valence-electron chi connectivity index (χ2n) is 16.5. The van der Waals surface area contributed by atoms with Crippen molar-refractivity contribution < 1.29 is 69.0 Å². The van der Waals surface area contributed by atoms with E-state index in [1.54, 1.807) is 0 Å². The van der Waals surface area contributed by atoms with Crippen LogP contribution in [0.25, 0.3) is 0 Å². The van der Waals surface area contributed by atoms with Crippen molar-refractivity contribution in [3.63, 3.8) is 0 Å². The summed E-state index contributed by atoms with van der Waals surface area (Å²) in [6.07, 6.45) is 30.8. The lowest BCUT2D eigenvalue weighted by molar-refractivity contribution is -0.332. The van der Waals surface area contributed by atoms with E-state index in [2.05, 4.69) is 98.9 Å². The number of unbranched alkanes of at least 4 members (excludes halogenated alkanes) is 8. The quantitative estimate of drug-likeness (QED) is 0.0203. The zero-order valence-electron chi connectivity index (χ0n) is 39.2. The molecule has 0 aromatic heterocycles. The molecule has 0 bridgehead atoms. The fourth-order valence-electron chi connectivity index (χ4n) is 6.93. The van der Waals surface area contributed by atoms with Crippen LogP contribution in [-0.2, 0) is 33.2 Å². The molecule has 0 spiro atoms. The van der Waals surface area contributed by atoms with Gasteiger partial charge in [0.1, 0.15) is 54.9 Å². The van der Waals surface area contributed by atoms with Crippen molar-refractivity contribution in [1.29, 1.82) is 0 Å². The van der Waals surface area contributed by atoms with Gasteiger partial charge in [-0.1, -0.05) is 125 Å². The first kappa shape index (κ1) is 58.3. The molecule has 11 atom stereocenters. The van der Waals surface area contributed by atoms with Crippen molar-refractivity contribution >= 4 is 5.97 Å². The second kappa shape index (κ2) is 38.2. The first-order chi connectivity index (χ1) is 31.6. The number of esters is 1. The van der Waals surface area contributed by atoms with E-state index in [-0.39, 0.29) is 19.6 Å². The molecule has 0 radical (unpaired) electrons. The maximum atomic E-state index is 13.0. The summed E-state index contributed by atoms with van der Waals surface area (Å²) in [7, 11) is 0. The van der Waals surface area contributed by atoms with Crippen LogP contribution >= 0.6 is 0 Å². The highest BCUT2D eigenvalue weighted by molar-refractivity contribution is 5.69. The van der Waals surface area contributed by atoms with Gasteiger partial charge in [-0.2, -0.15) is 0 Å². The maximum Gasteiger partial charge on any atom is 0.306 e. The molecule has 2 rings (SSSR count). The first-order valence-corrected chi connectivity index (χ1v) is 24.2. The number of ether oxygens (including phenoxy) is 6. The van der Waals surface area contributed by atoms with Gasteiger partial charge in [0, 0.05) is 13.0 Å². The van der Waals surface area contributed by atoms with Crippen LogP contribution in [0.2, 0.25) is 0 Å². The molecule has 2 aliphatic heterocycles. The van der Waals surface area contributed by atoms with E-state index < -0.39 is 86.7 Å². The van der Waals surface area contributed by atoms with Crippen LogP contribution in [-0.4, -0.2) is 142 Å². The van der Waals surface area contributed by atoms with Crippen molar-refractivity contribution in [2.45, 2.75) is 197 Å². The van der Waals surface area contributed by atoms with Crippen LogP contribution in [0.4, 0.5) is 0 Å². The summed E-state index contributed by atoms with van der Waals surface area (Å²) in [5.41, 5.74) is 0. The van der Waals surface area contributed by atoms with Gasteiger partial charge in [-0.25, -0.2) is 0 Å². The zero-order valence-corrected chi connectivity index (χ0v) is 39.2. The molecule has 2 saturated heterocycles. The standard InChI is InChI=1S/C51H84O14/c1-3-5-7-9-11-13-15-17-18-19-20-21-23-25-27-29-31-33-35-60-37-40(63-43(53)34-32-30-28-26-24-22-16-14-12-10-8-6-4-2)38-61-50-49(59)47(57)45(55)42(65-50)39-62-51-48(58)46(56)44(54)41(36-52)64-51/h5,7-8,10-11,13-14,16-18,20-21,25,27,40-42,44-52,54-59H,3-4,6,9,12,15,19,22-24,26,28-39H2,1-2H3/b7-5-,10-8-,13-11-,16-14-,18-17-,21-20-,27-25-. The number of allylic oxidation sites excluding steroid dienone is 14. The fourth-order valence-corrected chi connectivity index (χ4v) is 6.93. The highest BCUT2D eigenvalue weighted by Crippen LogP contribution is 2.26. The van der Waals surface area contributed by atoms with Crippen LogP contribution in [0.3, 0.4) is 0 Å². The Labute approximate surface area is 389 Å². The van der Waals surface area contributed by atoms with Crippen molar-refractivity contribution in [3.05, 3.63) is 85.1 Å². The molecule has 14 nitrogen and oxygen atoms in total. The summed E-state index contributed by atoms with van der Waals surface area (Å²) in [5, 5.41) is 72.0. The molecule has 372 valence electrons. The van der Waals surface area contributed by atoms with Gasteiger partial charge in [-0.3, -0.25) is 4.79 Å². The number of carbonyl (C=O) groups is 1. The Balaban J connectivity index is 1.82. The third kappa shape index (κ3) is 26.3. The normalized spacial score (nSPS) is 27.3. The summed E-state index contributed by atoms with van der Waals surface area (Å²) in [4.78, 5) is 13.0. The molecule has 2 fully saturated rings. The number of hydrogen-bond acceptors (Lipinski definition) is 14. The molecule has 14 heteroatoms. The summed E-state index contributed by atoms with van der Waals surface area (Å²) >= 11 is 0. The van der Waals surface area contributed by atoms with E-state index in [1.807, 2.05) is 0 Å². The Bertz CT molecular complexity index is 1390. The Morgan fingerprint density at radius 1 is 0.523 bits per heavy atom. The predicted octanol–water partition coefficient (Wildman–Crippen LogP) is 6.51. The van der Waals surface area contributed by atoms with Crippen LogP contribution in [0, 0.1) is 0 Å². The van der Waals surface area contributed by atoms with Gasteiger partial charge in [0.15, 0.2) is 12.6 Å². The van der Waals surface area contributed by atoms with E-state index in [9.17, 15) is 40.5 Å². The lowest BCUT2D eigenvalue weighted by atomic mass is 9.98. The van der Waals surface area contributed by atoms with Crippen molar-refractivity contribution in [1.82, 2.24) is 0 Å². The van der Waals surface area contributed by atoms with Crippen molar-refractivity contribution in [3.8, 4) is 0 Å². The molecule has 7 N–H and O–H groups in total. The third-order valence-electron chi connectivity index (χ3n) is 10.9. The highest BCUT2D eigenvalue weighted by atomic mass is 16.7. The average molecular weight is 921 g/mol. The van der Waals surface area contributed by atoms with Gasteiger partial charge in [-0.05, 0) is 83.5 Å². The first-order valence-electron chi connectivity index (χ1n) is 24.2. The largest absolute Gasteiger partial charge is 0.457 e. The summed E-state index contributed by atoms with van der Waals surface area (Å²) in [6, 6.07) is 0. The third-order valence-corrected chi connectivity index (χ3v) is 10.9. The van der Waals surface area contributed by atoms with Crippen LogP contribution in [0.1, 0.15) is 129 Å². The van der Waals surface area contributed by atoms with Crippen LogP contribution in [0.5, 0.6) is 0 Å². The SMILES string of the molecule is CC/C=C\C/C=C\C/C=C\C/C=C\C/C=C\CCCCOCC(COC1OC(COC2OC(CO)C(O)C(O)C2O)C(O)C(O)C1O)OC(=O)CCCCCCC/C=C\C/C=C\CCC.